The Labute approximate surface area is 86.9 Å². The van der Waals surface area contributed by atoms with E-state index in [0.29, 0.717) is 11.7 Å². The first-order valence-electron chi connectivity index (χ1n) is 4.67. The van der Waals surface area contributed by atoms with Gasteiger partial charge in [-0.3, -0.25) is 0 Å². The maximum atomic E-state index is 9.66. The van der Waals surface area contributed by atoms with Crippen LogP contribution in [0.25, 0.3) is 0 Å². The van der Waals surface area contributed by atoms with Crippen molar-refractivity contribution in [2.24, 2.45) is 5.92 Å². The summed E-state index contributed by atoms with van der Waals surface area (Å²) in [6, 6.07) is 5.66. The lowest BCUT2D eigenvalue weighted by Crippen LogP contribution is -1.95. The largest absolute Gasteiger partial charge is 0.508 e. The second-order valence-corrected chi connectivity index (χ2v) is 4.74. The predicted molar refractivity (Wildman–Crippen MR) is 56.9 cm³/mol. The molecule has 1 N–H and O–H groups in total. The van der Waals surface area contributed by atoms with Crippen molar-refractivity contribution >= 4 is 15.9 Å². The lowest BCUT2D eigenvalue weighted by Gasteiger charge is -2.12. The molecule has 0 aromatic heterocycles. The van der Waals surface area contributed by atoms with Gasteiger partial charge in [0.2, 0.25) is 0 Å². The Hall–Kier alpha value is -0.500. The van der Waals surface area contributed by atoms with Gasteiger partial charge in [-0.05, 0) is 48.4 Å². The summed E-state index contributed by atoms with van der Waals surface area (Å²) < 4.78 is 1.05. The number of phenolic OH excluding ortho intramolecular Hbond substituents is 1. The van der Waals surface area contributed by atoms with Crippen molar-refractivity contribution in [1.82, 2.24) is 0 Å². The summed E-state index contributed by atoms with van der Waals surface area (Å²) in [5.74, 6) is 1.72. The van der Waals surface area contributed by atoms with Gasteiger partial charge in [-0.2, -0.15) is 0 Å². The highest BCUT2D eigenvalue weighted by Crippen LogP contribution is 2.45. The van der Waals surface area contributed by atoms with Crippen LogP contribution < -0.4 is 0 Å². The van der Waals surface area contributed by atoms with Crippen LogP contribution in [0.1, 0.15) is 31.2 Å². The number of halogens is 1. The van der Waals surface area contributed by atoms with Gasteiger partial charge in [0.15, 0.2) is 0 Å². The van der Waals surface area contributed by atoms with Crippen LogP contribution in [0.3, 0.4) is 0 Å². The highest BCUT2D eigenvalue weighted by Gasteiger charge is 2.30. The van der Waals surface area contributed by atoms with Crippen LogP contribution in [0.4, 0.5) is 0 Å². The summed E-state index contributed by atoms with van der Waals surface area (Å²) >= 11 is 3.42. The third-order valence-corrected chi connectivity index (χ3v) is 3.30. The molecule has 70 valence electrons. The number of rotatable bonds is 2. The average molecular weight is 241 g/mol. The molecule has 1 fully saturated rings. The zero-order chi connectivity index (χ0) is 9.42. The van der Waals surface area contributed by atoms with Gasteiger partial charge in [-0.15, -0.1) is 0 Å². The molecule has 1 aliphatic carbocycles. The standard InChI is InChI=1S/C11H13BrO/c1-7(8-2-3-8)10-6-9(12)4-5-11(10)13/h4-8,13H,2-3H2,1H3. The van der Waals surface area contributed by atoms with Crippen molar-refractivity contribution in [2.45, 2.75) is 25.7 Å². The Bertz CT molecular complexity index is 318. The van der Waals surface area contributed by atoms with Gasteiger partial charge < -0.3 is 5.11 Å². The molecular formula is C11H13BrO. The minimum atomic E-state index is 0.433. The third kappa shape index (κ3) is 1.88. The second kappa shape index (κ2) is 3.33. The van der Waals surface area contributed by atoms with Crippen molar-refractivity contribution in [3.63, 3.8) is 0 Å². The fraction of sp³-hybridized carbons (Fsp3) is 0.455. The molecule has 1 unspecified atom stereocenters. The van der Waals surface area contributed by atoms with Crippen LogP contribution in [-0.4, -0.2) is 5.11 Å². The van der Waals surface area contributed by atoms with Crippen molar-refractivity contribution < 1.29 is 5.11 Å². The average Bonchev–Trinajstić information content (AvgIpc) is 2.91. The first-order valence-corrected chi connectivity index (χ1v) is 5.46. The fourth-order valence-corrected chi connectivity index (χ4v) is 2.12. The summed E-state index contributed by atoms with van der Waals surface area (Å²) in [4.78, 5) is 0. The van der Waals surface area contributed by atoms with E-state index < -0.39 is 0 Å². The lowest BCUT2D eigenvalue weighted by molar-refractivity contribution is 0.458. The SMILES string of the molecule is CC(c1cc(Br)ccc1O)C1CC1. The first-order chi connectivity index (χ1) is 6.18. The van der Waals surface area contributed by atoms with E-state index in [9.17, 15) is 5.11 Å². The summed E-state index contributed by atoms with van der Waals surface area (Å²) in [5, 5.41) is 9.66. The van der Waals surface area contributed by atoms with Crippen LogP contribution in [0.15, 0.2) is 22.7 Å². The van der Waals surface area contributed by atoms with Crippen LogP contribution >= 0.6 is 15.9 Å². The molecule has 1 aromatic carbocycles. The zero-order valence-electron chi connectivity index (χ0n) is 7.63. The quantitative estimate of drug-likeness (QED) is 0.837. The minimum Gasteiger partial charge on any atom is -0.508 e. The molecule has 0 aliphatic heterocycles. The molecule has 2 heteroatoms. The van der Waals surface area contributed by atoms with E-state index >= 15 is 0 Å². The van der Waals surface area contributed by atoms with Crippen LogP contribution in [0.2, 0.25) is 0 Å². The molecule has 2 rings (SSSR count). The van der Waals surface area contributed by atoms with Crippen LogP contribution in [0, 0.1) is 5.92 Å². The Kier molecular flexibility index (Phi) is 2.33. The van der Waals surface area contributed by atoms with E-state index in [1.54, 1.807) is 6.07 Å². The molecule has 0 amide bonds. The highest BCUT2D eigenvalue weighted by atomic mass is 79.9. The fourth-order valence-electron chi connectivity index (χ4n) is 1.74. The topological polar surface area (TPSA) is 20.2 Å². The maximum Gasteiger partial charge on any atom is 0.119 e. The maximum absolute atomic E-state index is 9.66. The zero-order valence-corrected chi connectivity index (χ0v) is 9.21. The Morgan fingerprint density at radius 3 is 2.77 bits per heavy atom. The monoisotopic (exact) mass is 240 g/mol. The number of hydrogen-bond donors (Lipinski definition) is 1. The summed E-state index contributed by atoms with van der Waals surface area (Å²) in [6.07, 6.45) is 2.63. The van der Waals surface area contributed by atoms with Gasteiger partial charge in [0.05, 0.1) is 0 Å². The van der Waals surface area contributed by atoms with E-state index in [1.165, 1.54) is 12.8 Å². The van der Waals surface area contributed by atoms with Crippen molar-refractivity contribution in [1.29, 1.82) is 0 Å². The van der Waals surface area contributed by atoms with E-state index in [0.717, 1.165) is 16.0 Å². The summed E-state index contributed by atoms with van der Waals surface area (Å²) in [5.41, 5.74) is 1.08. The summed E-state index contributed by atoms with van der Waals surface area (Å²) in [7, 11) is 0. The Morgan fingerprint density at radius 1 is 1.46 bits per heavy atom. The van der Waals surface area contributed by atoms with Crippen molar-refractivity contribution in [3.8, 4) is 5.75 Å². The second-order valence-electron chi connectivity index (χ2n) is 3.83. The summed E-state index contributed by atoms with van der Waals surface area (Å²) in [6.45, 7) is 2.19. The van der Waals surface area contributed by atoms with Crippen LogP contribution in [0.5, 0.6) is 5.75 Å². The number of phenols is 1. The van der Waals surface area contributed by atoms with Gasteiger partial charge in [-0.1, -0.05) is 22.9 Å². The number of benzene rings is 1. The first kappa shape index (κ1) is 9.07. The van der Waals surface area contributed by atoms with Gasteiger partial charge in [0.1, 0.15) is 5.75 Å². The van der Waals surface area contributed by atoms with Gasteiger partial charge in [0, 0.05) is 4.47 Å². The minimum absolute atomic E-state index is 0.433. The predicted octanol–water partition coefficient (Wildman–Crippen LogP) is 3.67. The molecule has 0 saturated heterocycles. The van der Waals surface area contributed by atoms with Gasteiger partial charge in [-0.25, -0.2) is 0 Å². The molecule has 13 heavy (non-hydrogen) atoms. The molecular weight excluding hydrogens is 228 g/mol. The molecule has 0 radical (unpaired) electrons. The van der Waals surface area contributed by atoms with E-state index in [2.05, 4.69) is 22.9 Å². The van der Waals surface area contributed by atoms with Gasteiger partial charge in [0.25, 0.3) is 0 Å². The Morgan fingerprint density at radius 2 is 2.15 bits per heavy atom. The molecule has 1 atom stereocenters. The third-order valence-electron chi connectivity index (χ3n) is 2.81. The Balaban J connectivity index is 2.31. The molecule has 1 nitrogen and oxygen atoms in total. The smallest absolute Gasteiger partial charge is 0.119 e. The number of hydrogen-bond acceptors (Lipinski definition) is 1. The molecule has 0 bridgehead atoms. The van der Waals surface area contributed by atoms with E-state index in [1.807, 2.05) is 12.1 Å². The number of aromatic hydroxyl groups is 1. The van der Waals surface area contributed by atoms with Gasteiger partial charge >= 0.3 is 0 Å². The molecule has 1 saturated carbocycles. The normalized spacial score (nSPS) is 18.6. The molecule has 1 aromatic rings. The molecule has 0 spiro atoms. The lowest BCUT2D eigenvalue weighted by atomic mass is 9.96. The van der Waals surface area contributed by atoms with Crippen molar-refractivity contribution in [2.75, 3.05) is 0 Å². The molecule has 0 heterocycles. The van der Waals surface area contributed by atoms with E-state index in [4.69, 9.17) is 0 Å². The van der Waals surface area contributed by atoms with Crippen LogP contribution in [-0.2, 0) is 0 Å². The highest BCUT2D eigenvalue weighted by molar-refractivity contribution is 9.10. The van der Waals surface area contributed by atoms with E-state index in [-0.39, 0.29) is 0 Å². The molecule has 1 aliphatic rings. The van der Waals surface area contributed by atoms with Crippen molar-refractivity contribution in [3.05, 3.63) is 28.2 Å².